The minimum atomic E-state index is -0.497. The van der Waals surface area contributed by atoms with Gasteiger partial charge in [0.05, 0.1) is 5.69 Å². The van der Waals surface area contributed by atoms with Gasteiger partial charge in [-0.1, -0.05) is 6.07 Å². The van der Waals surface area contributed by atoms with E-state index in [1.807, 2.05) is 19.9 Å². The SMILES string of the molecule is CC(Cc1c(F)cccc1F)NC(C)c1ccn[nH]1. The molecule has 0 aliphatic heterocycles. The number of hydrogen-bond acceptors (Lipinski definition) is 2. The molecule has 1 aromatic heterocycles. The Morgan fingerprint density at radius 3 is 2.47 bits per heavy atom. The Morgan fingerprint density at radius 1 is 1.21 bits per heavy atom. The molecule has 3 nitrogen and oxygen atoms in total. The highest BCUT2D eigenvalue weighted by Crippen LogP contribution is 2.16. The maximum atomic E-state index is 13.5. The van der Waals surface area contributed by atoms with Crippen molar-refractivity contribution in [2.45, 2.75) is 32.4 Å². The van der Waals surface area contributed by atoms with Gasteiger partial charge in [-0.05, 0) is 38.5 Å². The standard InChI is InChI=1S/C14H17F2N3/c1-9(18-10(2)14-6-7-17-19-14)8-11-12(15)4-3-5-13(11)16/h3-7,9-10,18H,8H2,1-2H3,(H,17,19). The molecule has 2 atom stereocenters. The van der Waals surface area contributed by atoms with Crippen LogP contribution in [0.15, 0.2) is 30.5 Å². The fourth-order valence-electron chi connectivity index (χ4n) is 2.12. The maximum absolute atomic E-state index is 13.5. The number of benzene rings is 1. The van der Waals surface area contributed by atoms with Crippen LogP contribution in [0.1, 0.15) is 31.1 Å². The first-order valence-electron chi connectivity index (χ1n) is 6.26. The van der Waals surface area contributed by atoms with Gasteiger partial charge in [0.25, 0.3) is 0 Å². The minimum absolute atomic E-state index is 0.0485. The highest BCUT2D eigenvalue weighted by Gasteiger charge is 2.15. The Kier molecular flexibility index (Phi) is 4.27. The number of H-pyrrole nitrogens is 1. The van der Waals surface area contributed by atoms with Gasteiger partial charge in [0, 0.05) is 23.8 Å². The summed E-state index contributed by atoms with van der Waals surface area (Å²) in [6.07, 6.45) is 1.98. The van der Waals surface area contributed by atoms with Crippen LogP contribution in [0, 0.1) is 11.6 Å². The zero-order valence-corrected chi connectivity index (χ0v) is 11.0. The summed E-state index contributed by atoms with van der Waals surface area (Å²) in [4.78, 5) is 0. The highest BCUT2D eigenvalue weighted by atomic mass is 19.1. The van der Waals surface area contributed by atoms with Crippen LogP contribution in [0.5, 0.6) is 0 Å². The fraction of sp³-hybridized carbons (Fsp3) is 0.357. The highest BCUT2D eigenvalue weighted by molar-refractivity contribution is 5.20. The van der Waals surface area contributed by atoms with Crippen molar-refractivity contribution < 1.29 is 8.78 Å². The molecule has 0 radical (unpaired) electrons. The Bertz CT molecular complexity index is 505. The summed E-state index contributed by atoms with van der Waals surface area (Å²) in [6.45, 7) is 3.88. The van der Waals surface area contributed by atoms with Crippen LogP contribution in [-0.2, 0) is 6.42 Å². The topological polar surface area (TPSA) is 40.7 Å². The molecule has 0 bridgehead atoms. The molecule has 0 aliphatic carbocycles. The van der Waals surface area contributed by atoms with E-state index >= 15 is 0 Å². The summed E-state index contributed by atoms with van der Waals surface area (Å²) >= 11 is 0. The van der Waals surface area contributed by atoms with Gasteiger partial charge in [0.1, 0.15) is 11.6 Å². The molecule has 0 spiro atoms. The molecule has 0 aliphatic rings. The normalized spacial score (nSPS) is 14.3. The van der Waals surface area contributed by atoms with Crippen molar-refractivity contribution in [3.63, 3.8) is 0 Å². The number of halogens is 2. The van der Waals surface area contributed by atoms with E-state index in [9.17, 15) is 8.78 Å². The summed E-state index contributed by atoms with van der Waals surface area (Å²) in [5.74, 6) is -0.995. The molecule has 1 aromatic carbocycles. The van der Waals surface area contributed by atoms with Crippen molar-refractivity contribution in [2.75, 3.05) is 0 Å². The molecule has 0 saturated heterocycles. The molecule has 2 aromatic rings. The van der Waals surface area contributed by atoms with E-state index in [-0.39, 0.29) is 17.6 Å². The molecule has 1 heterocycles. The van der Waals surface area contributed by atoms with E-state index in [0.717, 1.165) is 5.69 Å². The van der Waals surface area contributed by atoms with Crippen molar-refractivity contribution >= 4 is 0 Å². The lowest BCUT2D eigenvalue weighted by Gasteiger charge is -2.19. The molecule has 2 unspecified atom stereocenters. The molecular formula is C14H17F2N3. The fourth-order valence-corrected chi connectivity index (χ4v) is 2.12. The van der Waals surface area contributed by atoms with Crippen LogP contribution in [0.3, 0.4) is 0 Å². The third-order valence-electron chi connectivity index (χ3n) is 3.10. The second-order valence-corrected chi connectivity index (χ2v) is 4.71. The van der Waals surface area contributed by atoms with Crippen LogP contribution in [-0.4, -0.2) is 16.2 Å². The lowest BCUT2D eigenvalue weighted by atomic mass is 10.0. The average molecular weight is 265 g/mol. The molecule has 2 rings (SSSR count). The first-order chi connectivity index (χ1) is 9.08. The van der Waals surface area contributed by atoms with Crippen molar-refractivity contribution in [1.29, 1.82) is 0 Å². The van der Waals surface area contributed by atoms with E-state index in [4.69, 9.17) is 0 Å². The Morgan fingerprint density at radius 2 is 1.89 bits per heavy atom. The van der Waals surface area contributed by atoms with Crippen LogP contribution in [0.4, 0.5) is 8.78 Å². The van der Waals surface area contributed by atoms with E-state index in [1.54, 1.807) is 6.20 Å². The minimum Gasteiger partial charge on any atom is -0.306 e. The first-order valence-corrected chi connectivity index (χ1v) is 6.26. The number of nitrogens with zero attached hydrogens (tertiary/aromatic N) is 1. The number of aromatic nitrogens is 2. The Hall–Kier alpha value is -1.75. The van der Waals surface area contributed by atoms with Gasteiger partial charge >= 0.3 is 0 Å². The Labute approximate surface area is 111 Å². The smallest absolute Gasteiger partial charge is 0.129 e. The Balaban J connectivity index is 2.00. The summed E-state index contributed by atoms with van der Waals surface area (Å²) in [5.41, 5.74) is 1.07. The summed E-state index contributed by atoms with van der Waals surface area (Å²) in [6, 6.07) is 5.80. The predicted octanol–water partition coefficient (Wildman–Crippen LogP) is 2.97. The summed E-state index contributed by atoms with van der Waals surface area (Å²) in [5, 5.41) is 10.0. The number of aromatic amines is 1. The molecule has 19 heavy (non-hydrogen) atoms. The average Bonchev–Trinajstić information content (AvgIpc) is 2.88. The lowest BCUT2D eigenvalue weighted by molar-refractivity contribution is 0.452. The first kappa shape index (κ1) is 13.7. The van der Waals surface area contributed by atoms with Gasteiger partial charge in [0.2, 0.25) is 0 Å². The third kappa shape index (κ3) is 3.38. The van der Waals surface area contributed by atoms with Gasteiger partial charge in [-0.2, -0.15) is 5.10 Å². The molecule has 0 amide bonds. The molecule has 5 heteroatoms. The van der Waals surface area contributed by atoms with Gasteiger partial charge in [-0.25, -0.2) is 8.78 Å². The zero-order valence-electron chi connectivity index (χ0n) is 11.0. The van der Waals surface area contributed by atoms with Gasteiger partial charge < -0.3 is 5.32 Å². The van der Waals surface area contributed by atoms with Crippen LogP contribution in [0.25, 0.3) is 0 Å². The number of hydrogen-bond donors (Lipinski definition) is 2. The predicted molar refractivity (Wildman–Crippen MR) is 69.7 cm³/mol. The van der Waals surface area contributed by atoms with E-state index in [2.05, 4.69) is 15.5 Å². The van der Waals surface area contributed by atoms with Crippen molar-refractivity contribution in [3.05, 3.63) is 53.4 Å². The lowest BCUT2D eigenvalue weighted by Crippen LogP contribution is -2.31. The van der Waals surface area contributed by atoms with Gasteiger partial charge in [0.15, 0.2) is 0 Å². The van der Waals surface area contributed by atoms with Crippen molar-refractivity contribution in [1.82, 2.24) is 15.5 Å². The van der Waals surface area contributed by atoms with Crippen LogP contribution < -0.4 is 5.32 Å². The van der Waals surface area contributed by atoms with E-state index < -0.39 is 11.6 Å². The second-order valence-electron chi connectivity index (χ2n) is 4.71. The van der Waals surface area contributed by atoms with E-state index in [0.29, 0.717) is 6.42 Å². The van der Waals surface area contributed by atoms with E-state index in [1.165, 1.54) is 18.2 Å². The second kappa shape index (κ2) is 5.93. The summed E-state index contributed by atoms with van der Waals surface area (Å²) < 4.78 is 27.1. The molecule has 2 N–H and O–H groups in total. The maximum Gasteiger partial charge on any atom is 0.129 e. The van der Waals surface area contributed by atoms with Crippen LogP contribution in [0.2, 0.25) is 0 Å². The van der Waals surface area contributed by atoms with Gasteiger partial charge in [-0.15, -0.1) is 0 Å². The number of rotatable bonds is 5. The largest absolute Gasteiger partial charge is 0.306 e. The third-order valence-corrected chi connectivity index (χ3v) is 3.10. The molecule has 0 fully saturated rings. The summed E-state index contributed by atoms with van der Waals surface area (Å²) in [7, 11) is 0. The quantitative estimate of drug-likeness (QED) is 0.872. The molecule has 0 saturated carbocycles. The van der Waals surface area contributed by atoms with Crippen molar-refractivity contribution in [2.24, 2.45) is 0 Å². The van der Waals surface area contributed by atoms with Crippen LogP contribution >= 0.6 is 0 Å². The monoisotopic (exact) mass is 265 g/mol. The van der Waals surface area contributed by atoms with Gasteiger partial charge in [-0.3, -0.25) is 5.10 Å². The number of nitrogens with one attached hydrogen (secondary N) is 2. The van der Waals surface area contributed by atoms with Crippen molar-refractivity contribution in [3.8, 4) is 0 Å². The zero-order chi connectivity index (χ0) is 13.8. The molecule has 102 valence electrons. The molecular weight excluding hydrogens is 248 g/mol.